The van der Waals surface area contributed by atoms with Crippen molar-refractivity contribution in [3.05, 3.63) is 47.1 Å². The summed E-state index contributed by atoms with van der Waals surface area (Å²) in [4.78, 5) is 11.1. The predicted molar refractivity (Wildman–Crippen MR) is 96.8 cm³/mol. The molecule has 0 saturated carbocycles. The summed E-state index contributed by atoms with van der Waals surface area (Å²) >= 11 is 0. The average molecular weight is 300 g/mol. The van der Waals surface area contributed by atoms with Crippen LogP contribution < -0.4 is 0 Å². The zero-order chi connectivity index (χ0) is 16.8. The smallest absolute Gasteiger partial charge is 0.130 e. The summed E-state index contributed by atoms with van der Waals surface area (Å²) in [6.07, 6.45) is 15.2. The molecule has 1 aliphatic rings. The number of rotatable bonds is 6. The zero-order valence-corrected chi connectivity index (χ0v) is 15.2. The van der Waals surface area contributed by atoms with E-state index in [-0.39, 0.29) is 5.78 Å². The lowest BCUT2D eigenvalue weighted by atomic mass is 9.72. The molecule has 0 aromatic carbocycles. The van der Waals surface area contributed by atoms with Gasteiger partial charge >= 0.3 is 0 Å². The van der Waals surface area contributed by atoms with Crippen molar-refractivity contribution in [2.45, 2.75) is 67.2 Å². The highest BCUT2D eigenvalue weighted by atomic mass is 16.1. The van der Waals surface area contributed by atoms with Gasteiger partial charge in [0.25, 0.3) is 0 Å². The third kappa shape index (κ3) is 6.17. The second kappa shape index (κ2) is 8.31. The topological polar surface area (TPSA) is 17.1 Å². The van der Waals surface area contributed by atoms with Crippen LogP contribution in [0, 0.1) is 11.3 Å². The molecule has 1 atom stereocenters. The molecular formula is C21H32O. The summed E-state index contributed by atoms with van der Waals surface area (Å²) in [6, 6.07) is 0. The molecule has 0 amide bonds. The fourth-order valence-corrected chi connectivity index (χ4v) is 3.20. The quantitative estimate of drug-likeness (QED) is 0.535. The van der Waals surface area contributed by atoms with E-state index in [1.807, 2.05) is 0 Å². The number of carbonyl (C=O) groups is 1. The summed E-state index contributed by atoms with van der Waals surface area (Å²) in [6.45, 7) is 12.8. The zero-order valence-electron chi connectivity index (χ0n) is 15.2. The Morgan fingerprint density at radius 1 is 1.32 bits per heavy atom. The number of hydrogen-bond acceptors (Lipinski definition) is 1. The van der Waals surface area contributed by atoms with E-state index < -0.39 is 0 Å². The largest absolute Gasteiger partial charge is 0.300 e. The molecular weight excluding hydrogens is 268 g/mol. The number of carbonyl (C=O) groups excluding carboxylic acids is 1. The third-order valence-electron chi connectivity index (χ3n) is 4.46. The van der Waals surface area contributed by atoms with Crippen molar-refractivity contribution < 1.29 is 4.79 Å². The summed E-state index contributed by atoms with van der Waals surface area (Å²) in [7, 11) is 0. The molecule has 0 heterocycles. The Kier molecular flexibility index (Phi) is 7.06. The van der Waals surface area contributed by atoms with Gasteiger partial charge in [-0.25, -0.2) is 0 Å². The van der Waals surface area contributed by atoms with Gasteiger partial charge in [0.15, 0.2) is 0 Å². The molecule has 1 unspecified atom stereocenters. The van der Waals surface area contributed by atoms with E-state index >= 15 is 0 Å². The van der Waals surface area contributed by atoms with Crippen LogP contribution >= 0.6 is 0 Å². The van der Waals surface area contributed by atoms with Crippen LogP contribution in [0.2, 0.25) is 0 Å². The molecule has 22 heavy (non-hydrogen) atoms. The minimum Gasteiger partial charge on any atom is -0.300 e. The maximum Gasteiger partial charge on any atom is 0.130 e. The van der Waals surface area contributed by atoms with Crippen LogP contribution in [-0.2, 0) is 4.79 Å². The third-order valence-corrected chi connectivity index (χ3v) is 4.46. The van der Waals surface area contributed by atoms with Gasteiger partial charge in [-0.1, -0.05) is 62.3 Å². The van der Waals surface area contributed by atoms with Gasteiger partial charge in [-0.2, -0.15) is 0 Å². The minimum atomic E-state index is 0.250. The lowest BCUT2D eigenvalue weighted by Gasteiger charge is -2.32. The van der Waals surface area contributed by atoms with Crippen molar-refractivity contribution in [2.75, 3.05) is 0 Å². The Morgan fingerprint density at radius 3 is 2.59 bits per heavy atom. The molecule has 122 valence electrons. The van der Waals surface area contributed by atoms with Crippen molar-refractivity contribution in [1.82, 2.24) is 0 Å². The average Bonchev–Trinajstić information content (AvgIpc) is 2.36. The van der Waals surface area contributed by atoms with E-state index in [4.69, 9.17) is 0 Å². The molecule has 0 N–H and O–H groups in total. The molecule has 0 saturated heterocycles. The molecule has 0 aromatic heterocycles. The van der Waals surface area contributed by atoms with Crippen molar-refractivity contribution >= 4 is 5.78 Å². The fraction of sp³-hybridized carbons (Fsp3) is 0.571. The molecule has 1 rings (SSSR count). The monoisotopic (exact) mass is 300 g/mol. The second-order valence-electron chi connectivity index (χ2n) is 7.44. The van der Waals surface area contributed by atoms with Crippen molar-refractivity contribution in [3.8, 4) is 0 Å². The van der Waals surface area contributed by atoms with E-state index in [2.05, 4.69) is 65.0 Å². The number of ketones is 1. The molecule has 1 aliphatic carbocycles. The molecule has 1 heteroatoms. The number of allylic oxidation sites excluding steroid dienone is 8. The molecule has 0 radical (unpaired) electrons. The molecule has 0 fully saturated rings. The van der Waals surface area contributed by atoms with Gasteiger partial charge in [0, 0.05) is 6.42 Å². The molecule has 0 aromatic rings. The second-order valence-corrected chi connectivity index (χ2v) is 7.44. The highest BCUT2D eigenvalue weighted by molar-refractivity contribution is 5.75. The van der Waals surface area contributed by atoms with Gasteiger partial charge in [0.05, 0.1) is 0 Å². The highest BCUT2D eigenvalue weighted by Crippen LogP contribution is 2.40. The van der Waals surface area contributed by atoms with Crippen LogP contribution in [0.1, 0.15) is 67.2 Å². The normalized spacial score (nSPS) is 20.9. The van der Waals surface area contributed by atoms with Crippen LogP contribution in [-0.4, -0.2) is 5.78 Å². The predicted octanol–water partition coefficient (Wildman–Crippen LogP) is 6.19. The van der Waals surface area contributed by atoms with Crippen molar-refractivity contribution in [1.29, 1.82) is 0 Å². The standard InChI is InChI=1S/C21H32O/c1-16(9-7-10-17(2)15-19(4)22)12-13-20-18(3)11-8-14-21(20,5)6/h7,9-10,12-13,17H,8,11,14-15H2,1-6H3/b10-7+,13-12+,16-9-. The van der Waals surface area contributed by atoms with E-state index in [9.17, 15) is 4.79 Å². The summed E-state index contributed by atoms with van der Waals surface area (Å²) in [5.74, 6) is 0.562. The highest BCUT2D eigenvalue weighted by Gasteiger charge is 2.26. The van der Waals surface area contributed by atoms with Crippen LogP contribution in [0.15, 0.2) is 47.1 Å². The molecule has 1 nitrogen and oxygen atoms in total. The van der Waals surface area contributed by atoms with Crippen molar-refractivity contribution in [2.24, 2.45) is 11.3 Å². The van der Waals surface area contributed by atoms with Gasteiger partial charge in [0.1, 0.15) is 5.78 Å². The van der Waals surface area contributed by atoms with E-state index in [0.29, 0.717) is 17.8 Å². The van der Waals surface area contributed by atoms with Crippen LogP contribution in [0.25, 0.3) is 0 Å². The lowest BCUT2D eigenvalue weighted by molar-refractivity contribution is -0.117. The summed E-state index contributed by atoms with van der Waals surface area (Å²) in [5.41, 5.74) is 4.57. The van der Waals surface area contributed by atoms with Gasteiger partial charge in [-0.15, -0.1) is 0 Å². The Morgan fingerprint density at radius 2 is 2.00 bits per heavy atom. The van der Waals surface area contributed by atoms with E-state index in [1.54, 1.807) is 6.92 Å². The maximum absolute atomic E-state index is 11.1. The van der Waals surface area contributed by atoms with E-state index in [1.165, 1.54) is 36.0 Å². The molecule has 0 aliphatic heterocycles. The minimum absolute atomic E-state index is 0.250. The van der Waals surface area contributed by atoms with Crippen LogP contribution in [0.3, 0.4) is 0 Å². The SMILES string of the molecule is CC(=O)CC(C)/C=C/C=C(C)\C=C\C1=C(C)CCCC1(C)C. The Bertz CT molecular complexity index is 512. The molecule has 0 bridgehead atoms. The van der Waals surface area contributed by atoms with E-state index in [0.717, 1.165) is 0 Å². The number of hydrogen-bond donors (Lipinski definition) is 0. The van der Waals surface area contributed by atoms with Gasteiger partial charge in [0.2, 0.25) is 0 Å². The maximum atomic E-state index is 11.1. The summed E-state index contributed by atoms with van der Waals surface area (Å²) < 4.78 is 0. The first-order chi connectivity index (χ1) is 10.2. The Hall–Kier alpha value is -1.37. The Balaban J connectivity index is 2.71. The number of Topliss-reactive ketones (excluding diaryl/α,β-unsaturated/α-hetero) is 1. The fourth-order valence-electron chi connectivity index (χ4n) is 3.20. The lowest BCUT2D eigenvalue weighted by Crippen LogP contribution is -2.19. The van der Waals surface area contributed by atoms with Gasteiger partial charge in [-0.05, 0) is 56.9 Å². The van der Waals surface area contributed by atoms with Crippen LogP contribution in [0.4, 0.5) is 0 Å². The first-order valence-corrected chi connectivity index (χ1v) is 8.45. The first kappa shape index (κ1) is 18.7. The van der Waals surface area contributed by atoms with Gasteiger partial charge in [-0.3, -0.25) is 0 Å². The molecule has 0 spiro atoms. The van der Waals surface area contributed by atoms with Crippen LogP contribution in [0.5, 0.6) is 0 Å². The Labute approximate surface area is 136 Å². The van der Waals surface area contributed by atoms with Gasteiger partial charge < -0.3 is 4.79 Å². The van der Waals surface area contributed by atoms with Crippen molar-refractivity contribution in [3.63, 3.8) is 0 Å². The summed E-state index contributed by atoms with van der Waals surface area (Å²) in [5, 5.41) is 0. The first-order valence-electron chi connectivity index (χ1n) is 8.45.